The van der Waals surface area contributed by atoms with Crippen LogP contribution in [-0.2, 0) is 10.3 Å². The van der Waals surface area contributed by atoms with E-state index in [0.29, 0.717) is 5.02 Å². The van der Waals surface area contributed by atoms with Gasteiger partial charge in [0, 0.05) is 6.20 Å². The Morgan fingerprint density at radius 3 is 2.46 bits per heavy atom. The quantitative estimate of drug-likeness (QED) is 0.454. The number of hydrogen-bond donors (Lipinski definition) is 1. The molecule has 66 valence electrons. The van der Waals surface area contributed by atoms with Gasteiger partial charge in [0.05, 0.1) is 5.02 Å². The minimum atomic E-state index is -4.50. The smallest absolute Gasteiger partial charge is 0.731 e. The zero-order chi connectivity index (χ0) is 9.19. The maximum atomic E-state index is 10.1. The number of anilines is 1. The Morgan fingerprint density at radius 2 is 2.08 bits per heavy atom. The molecule has 0 aliphatic rings. The Hall–Kier alpha value is 0.150. The van der Waals surface area contributed by atoms with Crippen molar-refractivity contribution in [2.45, 2.75) is 0 Å². The summed E-state index contributed by atoms with van der Waals surface area (Å²) in [7, 11) is -4.50. The molecule has 0 bridgehead atoms. The molecule has 0 radical (unpaired) electrons. The number of hydrogen-bond acceptors (Lipinski definition) is 4. The van der Waals surface area contributed by atoms with E-state index in [1.807, 2.05) is 0 Å². The second-order valence-corrected chi connectivity index (χ2v) is 3.47. The summed E-state index contributed by atoms with van der Waals surface area (Å²) in [5.74, 6) is -0.0469. The van der Waals surface area contributed by atoms with E-state index in [-0.39, 0.29) is 35.4 Å². The van der Waals surface area contributed by atoms with Crippen molar-refractivity contribution >= 4 is 27.7 Å². The van der Waals surface area contributed by atoms with Crippen molar-refractivity contribution in [2.75, 3.05) is 4.72 Å². The van der Waals surface area contributed by atoms with Crippen molar-refractivity contribution in [2.24, 2.45) is 0 Å². The van der Waals surface area contributed by atoms with Gasteiger partial charge in [0.1, 0.15) is 5.82 Å². The molecule has 0 atom stereocenters. The molecule has 1 N–H and O–H groups in total. The summed E-state index contributed by atoms with van der Waals surface area (Å²) in [6, 6.07) is 2.71. The molecule has 0 unspecified atom stereocenters. The Balaban J connectivity index is 0.00000144. The Kier molecular flexibility index (Phi) is 5.19. The molecule has 1 aromatic heterocycles. The minimum Gasteiger partial charge on any atom is -0.731 e. The van der Waals surface area contributed by atoms with Crippen molar-refractivity contribution in [1.82, 2.24) is 4.98 Å². The Bertz CT molecular complexity index is 366. The van der Waals surface area contributed by atoms with Crippen LogP contribution in [0.25, 0.3) is 0 Å². The second kappa shape index (κ2) is 5.14. The van der Waals surface area contributed by atoms with E-state index in [2.05, 4.69) is 4.98 Å². The molecule has 1 aromatic rings. The van der Waals surface area contributed by atoms with Crippen LogP contribution in [-0.4, -0.2) is 18.0 Å². The van der Waals surface area contributed by atoms with Crippen LogP contribution in [0.5, 0.6) is 0 Å². The SMILES string of the molecule is O=S(=O)([O-])Nc1ccc(Cl)cn1.[Na+]. The van der Waals surface area contributed by atoms with E-state index in [1.165, 1.54) is 18.3 Å². The van der Waals surface area contributed by atoms with Crippen molar-refractivity contribution in [3.05, 3.63) is 23.4 Å². The second-order valence-electron chi connectivity index (χ2n) is 1.92. The zero-order valence-electron chi connectivity index (χ0n) is 6.69. The summed E-state index contributed by atoms with van der Waals surface area (Å²) in [5.41, 5.74) is 0. The largest absolute Gasteiger partial charge is 1.00 e. The zero-order valence-corrected chi connectivity index (χ0v) is 10.3. The van der Waals surface area contributed by atoms with Gasteiger partial charge in [0.2, 0.25) is 0 Å². The first kappa shape index (κ1) is 13.2. The van der Waals surface area contributed by atoms with E-state index < -0.39 is 10.3 Å². The fourth-order valence-electron chi connectivity index (χ4n) is 0.564. The van der Waals surface area contributed by atoms with Crippen molar-refractivity contribution < 1.29 is 42.5 Å². The predicted molar refractivity (Wildman–Crippen MR) is 42.6 cm³/mol. The summed E-state index contributed by atoms with van der Waals surface area (Å²) in [5, 5.41) is 0.365. The standard InChI is InChI=1S/C5H5ClN2O3S.Na/c6-4-1-2-5(7-3-4)8-12(9,10)11;/h1-3H,(H,7,8)(H,9,10,11);/q;+1/p-1. The van der Waals surface area contributed by atoms with Gasteiger partial charge >= 0.3 is 29.6 Å². The predicted octanol–water partition coefficient (Wildman–Crippen LogP) is -2.39. The van der Waals surface area contributed by atoms with Gasteiger partial charge in [0.25, 0.3) is 0 Å². The molecule has 5 nitrogen and oxygen atoms in total. The van der Waals surface area contributed by atoms with Crippen LogP contribution in [0.1, 0.15) is 0 Å². The van der Waals surface area contributed by atoms with Gasteiger partial charge in [0.15, 0.2) is 10.3 Å². The molecule has 1 rings (SSSR count). The summed E-state index contributed by atoms with van der Waals surface area (Å²) >= 11 is 5.47. The maximum Gasteiger partial charge on any atom is 1.00 e. The molecule has 0 spiro atoms. The van der Waals surface area contributed by atoms with Crippen LogP contribution in [0.15, 0.2) is 18.3 Å². The van der Waals surface area contributed by atoms with Crippen LogP contribution in [0.3, 0.4) is 0 Å². The van der Waals surface area contributed by atoms with E-state index >= 15 is 0 Å². The van der Waals surface area contributed by atoms with Crippen molar-refractivity contribution in [3.8, 4) is 0 Å². The molecule has 8 heteroatoms. The fourth-order valence-corrected chi connectivity index (χ4v) is 1.05. The third-order valence-electron chi connectivity index (χ3n) is 0.957. The molecule has 0 saturated carbocycles. The van der Waals surface area contributed by atoms with Gasteiger partial charge < -0.3 is 4.55 Å². The first-order valence-corrected chi connectivity index (χ1v) is 4.61. The summed E-state index contributed by atoms with van der Waals surface area (Å²) < 4.78 is 32.1. The van der Waals surface area contributed by atoms with E-state index in [0.717, 1.165) is 0 Å². The maximum absolute atomic E-state index is 10.1. The number of aromatic nitrogens is 1. The van der Waals surface area contributed by atoms with Crippen LogP contribution >= 0.6 is 11.6 Å². The summed E-state index contributed by atoms with van der Waals surface area (Å²) in [6.45, 7) is 0. The molecule has 0 fully saturated rings. The van der Waals surface area contributed by atoms with Crippen molar-refractivity contribution in [3.63, 3.8) is 0 Å². The monoisotopic (exact) mass is 230 g/mol. The fraction of sp³-hybridized carbons (Fsp3) is 0. The van der Waals surface area contributed by atoms with E-state index in [4.69, 9.17) is 11.6 Å². The average molecular weight is 231 g/mol. The molecular weight excluding hydrogens is 227 g/mol. The summed E-state index contributed by atoms with van der Waals surface area (Å²) in [4.78, 5) is 3.54. The minimum absolute atomic E-state index is 0. The first-order valence-electron chi connectivity index (χ1n) is 2.82. The van der Waals surface area contributed by atoms with Crippen LogP contribution < -0.4 is 34.3 Å². The molecule has 0 amide bonds. The number of pyridine rings is 1. The number of nitrogens with one attached hydrogen (secondary N) is 1. The molecular formula is C5H4ClN2NaO3S. The van der Waals surface area contributed by atoms with Gasteiger partial charge in [-0.15, -0.1) is 0 Å². The molecule has 0 aromatic carbocycles. The van der Waals surface area contributed by atoms with Gasteiger partial charge in [-0.2, -0.15) is 0 Å². The normalized spacial score (nSPS) is 10.3. The average Bonchev–Trinajstić information content (AvgIpc) is 1.91. The number of nitrogens with zero attached hydrogens (tertiary/aromatic N) is 1. The van der Waals surface area contributed by atoms with Gasteiger partial charge in [-0.25, -0.2) is 13.4 Å². The number of halogens is 1. The number of rotatable bonds is 2. The third kappa shape index (κ3) is 5.45. The van der Waals surface area contributed by atoms with Gasteiger partial charge in [-0.3, -0.25) is 4.72 Å². The van der Waals surface area contributed by atoms with Gasteiger partial charge in [-0.1, -0.05) is 11.6 Å². The molecule has 0 aliphatic heterocycles. The van der Waals surface area contributed by atoms with Crippen molar-refractivity contribution in [1.29, 1.82) is 0 Å². The molecule has 0 aliphatic carbocycles. The van der Waals surface area contributed by atoms with E-state index in [1.54, 1.807) is 4.72 Å². The molecule has 0 saturated heterocycles. The van der Waals surface area contributed by atoms with Crippen LogP contribution in [0.2, 0.25) is 5.02 Å². The Morgan fingerprint density at radius 1 is 1.46 bits per heavy atom. The first-order chi connectivity index (χ1) is 5.47. The topological polar surface area (TPSA) is 82.1 Å². The van der Waals surface area contributed by atoms with Crippen LogP contribution in [0.4, 0.5) is 5.82 Å². The van der Waals surface area contributed by atoms with Gasteiger partial charge in [-0.05, 0) is 12.1 Å². The Labute approximate surface area is 103 Å². The molecule has 1 heterocycles. The molecule has 13 heavy (non-hydrogen) atoms. The van der Waals surface area contributed by atoms with Crippen LogP contribution in [0, 0.1) is 0 Å². The van der Waals surface area contributed by atoms with E-state index in [9.17, 15) is 13.0 Å². The summed E-state index contributed by atoms with van der Waals surface area (Å²) in [6.07, 6.45) is 1.23. The third-order valence-corrected chi connectivity index (χ3v) is 1.64.